The molecule has 0 bridgehead atoms. The molecule has 0 fully saturated rings. The van der Waals surface area contributed by atoms with E-state index in [1.165, 1.54) is 61.2 Å². The molecule has 1 aliphatic heterocycles. The molecule has 66 heavy (non-hydrogen) atoms. The SMILES string of the molecule is CC(C)(C)c1cc(Oc2cc(C(C)(C)C)c3c4ccccc4n(-c4cc(C(C)(C)C)ccn4)c3c2)cc(N2CN(c3cccc(C(C)(C)c4ccccc4)c3)c3cc(C(C)(C)C)ccc32)c1. The number of nitrogens with zero attached hydrogens (tertiary/aromatic N) is 4. The lowest BCUT2D eigenvalue weighted by Gasteiger charge is -2.29. The number of hydrogen-bond acceptors (Lipinski definition) is 4. The lowest BCUT2D eigenvalue weighted by Crippen LogP contribution is -2.25. The third-order valence-electron chi connectivity index (χ3n) is 13.8. The summed E-state index contributed by atoms with van der Waals surface area (Å²) in [5, 5.41) is 2.45. The highest BCUT2D eigenvalue weighted by atomic mass is 16.5. The van der Waals surface area contributed by atoms with Crippen molar-refractivity contribution in [3.05, 3.63) is 179 Å². The first-order valence-corrected chi connectivity index (χ1v) is 23.7. The van der Waals surface area contributed by atoms with E-state index < -0.39 is 0 Å². The van der Waals surface area contributed by atoms with Crippen LogP contribution in [-0.2, 0) is 27.1 Å². The summed E-state index contributed by atoms with van der Waals surface area (Å²) < 4.78 is 9.54. The van der Waals surface area contributed by atoms with Crippen LogP contribution < -0.4 is 14.5 Å². The Morgan fingerprint density at radius 1 is 0.439 bits per heavy atom. The van der Waals surface area contributed by atoms with Gasteiger partial charge in [-0.15, -0.1) is 0 Å². The fraction of sp³-hybridized carbons (Fsp3) is 0.328. The first kappa shape index (κ1) is 44.9. The third kappa shape index (κ3) is 8.27. The molecule has 9 rings (SSSR count). The number of para-hydroxylation sites is 1. The molecule has 5 heteroatoms. The molecule has 1 aliphatic rings. The lowest BCUT2D eigenvalue weighted by molar-refractivity contribution is 0.476. The molecule has 0 spiro atoms. The Balaban J connectivity index is 1.18. The minimum atomic E-state index is -0.173. The zero-order valence-corrected chi connectivity index (χ0v) is 41.8. The Labute approximate surface area is 394 Å². The van der Waals surface area contributed by atoms with E-state index in [4.69, 9.17) is 9.72 Å². The van der Waals surface area contributed by atoms with Gasteiger partial charge in [-0.3, -0.25) is 4.57 Å². The fourth-order valence-corrected chi connectivity index (χ4v) is 9.60. The van der Waals surface area contributed by atoms with Gasteiger partial charge >= 0.3 is 0 Å². The van der Waals surface area contributed by atoms with E-state index in [9.17, 15) is 0 Å². The van der Waals surface area contributed by atoms with Crippen LogP contribution in [0, 0.1) is 0 Å². The van der Waals surface area contributed by atoms with Crippen molar-refractivity contribution >= 4 is 44.6 Å². The summed E-state index contributed by atoms with van der Waals surface area (Å²) in [4.78, 5) is 9.96. The molecule has 8 aromatic rings. The number of aromatic nitrogens is 2. The maximum atomic E-state index is 7.21. The van der Waals surface area contributed by atoms with Crippen LogP contribution in [0.4, 0.5) is 22.7 Å². The smallest absolute Gasteiger partial charge is 0.137 e. The molecule has 338 valence electrons. The predicted octanol–water partition coefficient (Wildman–Crippen LogP) is 16.7. The van der Waals surface area contributed by atoms with Crippen LogP contribution in [-0.4, -0.2) is 16.2 Å². The number of hydrogen-bond donors (Lipinski definition) is 0. The molecule has 6 aromatic carbocycles. The van der Waals surface area contributed by atoms with E-state index in [0.717, 1.165) is 34.0 Å². The zero-order chi connectivity index (χ0) is 47.1. The summed E-state index contributed by atoms with van der Waals surface area (Å²) in [6, 6.07) is 51.5. The van der Waals surface area contributed by atoms with E-state index in [2.05, 4.69) is 251 Å². The van der Waals surface area contributed by atoms with Gasteiger partial charge in [0.1, 0.15) is 24.0 Å². The van der Waals surface area contributed by atoms with Gasteiger partial charge in [0, 0.05) is 45.9 Å². The molecule has 0 N–H and O–H groups in total. The van der Waals surface area contributed by atoms with Gasteiger partial charge in [0.25, 0.3) is 0 Å². The van der Waals surface area contributed by atoms with Gasteiger partial charge in [-0.1, -0.05) is 164 Å². The largest absolute Gasteiger partial charge is 0.457 e. The van der Waals surface area contributed by atoms with Crippen LogP contribution in [0.25, 0.3) is 27.6 Å². The highest BCUT2D eigenvalue weighted by molar-refractivity contribution is 6.11. The van der Waals surface area contributed by atoms with E-state index in [1.807, 2.05) is 6.20 Å². The average Bonchev–Trinajstić information content (AvgIpc) is 3.81. The summed E-state index contributed by atoms with van der Waals surface area (Å²) >= 11 is 0. The van der Waals surface area contributed by atoms with Crippen LogP contribution in [0.2, 0.25) is 0 Å². The summed E-state index contributed by atoms with van der Waals surface area (Å²) in [6.45, 7) is 32.7. The first-order valence-electron chi connectivity index (χ1n) is 23.7. The van der Waals surface area contributed by atoms with Crippen LogP contribution in [0.5, 0.6) is 11.5 Å². The third-order valence-corrected chi connectivity index (χ3v) is 13.8. The highest BCUT2D eigenvalue weighted by Gasteiger charge is 2.33. The number of rotatable bonds is 7. The van der Waals surface area contributed by atoms with Crippen molar-refractivity contribution in [1.82, 2.24) is 9.55 Å². The second kappa shape index (κ2) is 15.9. The molecule has 0 amide bonds. The molecule has 0 unspecified atom stereocenters. The van der Waals surface area contributed by atoms with Gasteiger partial charge in [-0.2, -0.15) is 0 Å². The van der Waals surface area contributed by atoms with E-state index in [1.54, 1.807) is 0 Å². The van der Waals surface area contributed by atoms with E-state index in [0.29, 0.717) is 6.67 Å². The van der Waals surface area contributed by atoms with Crippen molar-refractivity contribution in [2.75, 3.05) is 16.5 Å². The molecular weight excluding hydrogens is 805 g/mol. The molecule has 5 nitrogen and oxygen atoms in total. The maximum Gasteiger partial charge on any atom is 0.137 e. The van der Waals surface area contributed by atoms with Gasteiger partial charge < -0.3 is 14.5 Å². The molecule has 0 saturated carbocycles. The van der Waals surface area contributed by atoms with Crippen LogP contribution in [0.1, 0.15) is 130 Å². The number of pyridine rings is 1. The zero-order valence-electron chi connectivity index (χ0n) is 41.8. The predicted molar refractivity (Wildman–Crippen MR) is 280 cm³/mol. The van der Waals surface area contributed by atoms with E-state index >= 15 is 0 Å². The van der Waals surface area contributed by atoms with Gasteiger partial charge in [-0.05, 0) is 116 Å². The Morgan fingerprint density at radius 3 is 1.76 bits per heavy atom. The molecule has 0 radical (unpaired) electrons. The molecule has 2 aromatic heterocycles. The Morgan fingerprint density at radius 2 is 1.06 bits per heavy atom. The van der Waals surface area contributed by atoms with Crippen molar-refractivity contribution in [2.24, 2.45) is 0 Å². The topological polar surface area (TPSA) is 33.5 Å². The monoisotopic (exact) mass is 873 g/mol. The van der Waals surface area contributed by atoms with Gasteiger partial charge in [0.2, 0.25) is 0 Å². The van der Waals surface area contributed by atoms with Crippen LogP contribution >= 0.6 is 0 Å². The maximum absolute atomic E-state index is 7.21. The summed E-state index contributed by atoms with van der Waals surface area (Å²) in [6.07, 6.45) is 1.95. The van der Waals surface area contributed by atoms with Gasteiger partial charge in [0.05, 0.1) is 22.4 Å². The number of benzene rings is 6. The Hall–Kier alpha value is -6.33. The second-order valence-electron chi connectivity index (χ2n) is 23.2. The standard InChI is InChI=1S/C61H68N4O/c1-57(2,3)41-27-28-52-53(34-41)63(45-24-20-23-43(31-45)61(13,14)40-21-16-15-17-22-40)39-64(52)46-32-44(59(7,8)9)33-47(36-46)66-48-37-50(60(10,11)12)56-49-25-18-19-26-51(49)65(54(56)38-48)55-35-42(29-30-62-55)58(4,5)6/h15-38H,39H2,1-14H3. The number of anilines is 4. The molecule has 0 aliphatic carbocycles. The average molecular weight is 873 g/mol. The van der Waals surface area contributed by atoms with Gasteiger partial charge in [-0.25, -0.2) is 4.98 Å². The van der Waals surface area contributed by atoms with Crippen molar-refractivity contribution in [2.45, 2.75) is 124 Å². The summed E-state index contributed by atoms with van der Waals surface area (Å²) in [7, 11) is 0. The summed E-state index contributed by atoms with van der Waals surface area (Å²) in [5.41, 5.74) is 13.9. The number of fused-ring (bicyclic) bond motifs is 4. The van der Waals surface area contributed by atoms with E-state index in [-0.39, 0.29) is 27.1 Å². The normalized spacial score (nSPS) is 13.8. The van der Waals surface area contributed by atoms with Crippen molar-refractivity contribution < 1.29 is 4.74 Å². The molecule has 3 heterocycles. The fourth-order valence-electron chi connectivity index (χ4n) is 9.60. The first-order chi connectivity index (χ1) is 31.0. The van der Waals surface area contributed by atoms with Gasteiger partial charge in [0.15, 0.2) is 0 Å². The van der Waals surface area contributed by atoms with Crippen LogP contribution in [0.3, 0.4) is 0 Å². The van der Waals surface area contributed by atoms with Crippen molar-refractivity contribution in [3.63, 3.8) is 0 Å². The minimum Gasteiger partial charge on any atom is -0.457 e. The second-order valence-corrected chi connectivity index (χ2v) is 23.2. The minimum absolute atomic E-state index is 0.0113. The lowest BCUT2D eigenvalue weighted by atomic mass is 9.78. The Bertz CT molecular complexity index is 3110. The quantitative estimate of drug-likeness (QED) is 0.160. The highest BCUT2D eigenvalue weighted by Crippen LogP contribution is 2.49. The van der Waals surface area contributed by atoms with Crippen LogP contribution in [0.15, 0.2) is 146 Å². The molecule has 0 atom stereocenters. The van der Waals surface area contributed by atoms with Crippen molar-refractivity contribution in [3.8, 4) is 17.3 Å². The molecular formula is C61H68N4O. The summed E-state index contributed by atoms with van der Waals surface area (Å²) in [5.74, 6) is 2.52. The number of ether oxygens (including phenoxy) is 1. The Kier molecular flexibility index (Phi) is 10.8. The molecule has 0 saturated heterocycles. The van der Waals surface area contributed by atoms with Crippen molar-refractivity contribution in [1.29, 1.82) is 0 Å².